The lowest BCUT2D eigenvalue weighted by Crippen LogP contribution is -2.51. The van der Waals surface area contributed by atoms with Gasteiger partial charge < -0.3 is 10.6 Å². The maximum absolute atomic E-state index is 5.94. The second-order valence-electron chi connectivity index (χ2n) is 5.54. The molecule has 2 nitrogen and oxygen atoms in total. The molecule has 1 atom stereocenters. The molecule has 0 amide bonds. The van der Waals surface area contributed by atoms with Gasteiger partial charge in [-0.05, 0) is 63.4 Å². The average molecular weight is 253 g/mol. The van der Waals surface area contributed by atoms with Crippen molar-refractivity contribution in [2.75, 3.05) is 18.0 Å². The Labute approximate surface area is 109 Å². The maximum atomic E-state index is 5.94. The van der Waals surface area contributed by atoms with Gasteiger partial charge in [-0.15, -0.1) is 0 Å². The summed E-state index contributed by atoms with van der Waals surface area (Å²) in [5.74, 6) is 0.610. The van der Waals surface area contributed by atoms with E-state index in [2.05, 4.69) is 30.9 Å². The Bertz CT molecular complexity index is 372. The van der Waals surface area contributed by atoms with E-state index < -0.39 is 0 Å². The zero-order valence-electron chi connectivity index (χ0n) is 10.6. The van der Waals surface area contributed by atoms with Crippen molar-refractivity contribution in [2.24, 2.45) is 11.7 Å². The van der Waals surface area contributed by atoms with Crippen molar-refractivity contribution in [3.63, 3.8) is 0 Å². The molecule has 0 bridgehead atoms. The van der Waals surface area contributed by atoms with Crippen LogP contribution in [0.4, 0.5) is 5.69 Å². The molecule has 1 heterocycles. The second kappa shape index (κ2) is 4.87. The summed E-state index contributed by atoms with van der Waals surface area (Å²) in [6.45, 7) is 6.42. The van der Waals surface area contributed by atoms with Gasteiger partial charge in [-0.25, -0.2) is 0 Å². The minimum atomic E-state index is 0.208. The Morgan fingerprint density at radius 2 is 2.00 bits per heavy atom. The Hall–Kier alpha value is -0.730. The first-order chi connectivity index (χ1) is 8.03. The molecule has 2 rings (SSSR count). The molecule has 0 aromatic heterocycles. The molecule has 1 unspecified atom stereocenters. The summed E-state index contributed by atoms with van der Waals surface area (Å²) in [6, 6.07) is 8.12. The van der Waals surface area contributed by atoms with Gasteiger partial charge in [0.15, 0.2) is 0 Å². The van der Waals surface area contributed by atoms with Crippen LogP contribution in [0.15, 0.2) is 24.3 Å². The van der Waals surface area contributed by atoms with E-state index in [0.717, 1.165) is 18.1 Å². The van der Waals surface area contributed by atoms with Crippen LogP contribution >= 0.6 is 11.6 Å². The smallest absolute Gasteiger partial charge is 0.0407 e. The summed E-state index contributed by atoms with van der Waals surface area (Å²) in [7, 11) is 0. The van der Waals surface area contributed by atoms with Crippen molar-refractivity contribution in [1.82, 2.24) is 0 Å². The first-order valence-electron chi connectivity index (χ1n) is 6.26. The van der Waals surface area contributed by atoms with Crippen molar-refractivity contribution < 1.29 is 0 Å². The van der Waals surface area contributed by atoms with E-state index in [1.165, 1.54) is 18.5 Å². The van der Waals surface area contributed by atoms with Gasteiger partial charge >= 0.3 is 0 Å². The van der Waals surface area contributed by atoms with Crippen molar-refractivity contribution in [3.8, 4) is 0 Å². The first kappa shape index (κ1) is 12.7. The number of halogens is 1. The molecule has 1 saturated heterocycles. The molecule has 1 aliphatic rings. The predicted molar refractivity (Wildman–Crippen MR) is 74.7 cm³/mol. The van der Waals surface area contributed by atoms with E-state index in [-0.39, 0.29) is 5.54 Å². The van der Waals surface area contributed by atoms with Crippen molar-refractivity contribution in [1.29, 1.82) is 0 Å². The van der Waals surface area contributed by atoms with E-state index in [4.69, 9.17) is 17.3 Å². The van der Waals surface area contributed by atoms with Gasteiger partial charge in [-0.3, -0.25) is 0 Å². The minimum absolute atomic E-state index is 0.208. The largest absolute Gasteiger partial charge is 0.366 e. The van der Waals surface area contributed by atoms with E-state index in [9.17, 15) is 0 Å². The molecule has 0 spiro atoms. The fourth-order valence-corrected chi connectivity index (χ4v) is 2.68. The van der Waals surface area contributed by atoms with Crippen LogP contribution in [0.5, 0.6) is 0 Å². The first-order valence-corrected chi connectivity index (χ1v) is 6.64. The van der Waals surface area contributed by atoms with Crippen molar-refractivity contribution >= 4 is 17.3 Å². The lowest BCUT2D eigenvalue weighted by atomic mass is 9.84. The number of piperidine rings is 1. The number of hydrogen-bond donors (Lipinski definition) is 1. The molecule has 1 fully saturated rings. The Morgan fingerprint density at radius 1 is 1.35 bits per heavy atom. The molecule has 1 aromatic rings. The zero-order valence-corrected chi connectivity index (χ0v) is 11.4. The molecule has 2 N–H and O–H groups in total. The Morgan fingerprint density at radius 3 is 2.59 bits per heavy atom. The minimum Gasteiger partial charge on any atom is -0.366 e. The van der Waals surface area contributed by atoms with Gasteiger partial charge in [-0.1, -0.05) is 11.6 Å². The lowest BCUT2D eigenvalue weighted by molar-refractivity contribution is 0.295. The summed E-state index contributed by atoms with van der Waals surface area (Å²) in [5, 5.41) is 0.791. The molecule has 94 valence electrons. The number of nitrogens with zero attached hydrogens (tertiary/aromatic N) is 1. The number of benzene rings is 1. The third kappa shape index (κ3) is 2.75. The van der Waals surface area contributed by atoms with Crippen LogP contribution in [0.2, 0.25) is 5.02 Å². The summed E-state index contributed by atoms with van der Waals surface area (Å²) in [5.41, 5.74) is 7.26. The summed E-state index contributed by atoms with van der Waals surface area (Å²) in [4.78, 5) is 2.46. The normalized spacial score (nSPS) is 23.8. The highest BCUT2D eigenvalue weighted by Gasteiger charge is 2.33. The summed E-state index contributed by atoms with van der Waals surface area (Å²) < 4.78 is 0. The topological polar surface area (TPSA) is 29.3 Å². The highest BCUT2D eigenvalue weighted by Crippen LogP contribution is 2.34. The van der Waals surface area contributed by atoms with Crippen LogP contribution in [0.1, 0.15) is 26.7 Å². The molecular formula is C14H21ClN2. The average Bonchev–Trinajstić information content (AvgIpc) is 2.30. The van der Waals surface area contributed by atoms with Gasteiger partial charge in [0.2, 0.25) is 0 Å². The van der Waals surface area contributed by atoms with E-state index in [0.29, 0.717) is 5.92 Å². The quantitative estimate of drug-likeness (QED) is 0.875. The molecule has 0 saturated carbocycles. The third-order valence-corrected chi connectivity index (χ3v) is 4.06. The van der Waals surface area contributed by atoms with Crippen LogP contribution in [0, 0.1) is 5.92 Å². The van der Waals surface area contributed by atoms with Crippen LogP contribution in [0.25, 0.3) is 0 Å². The van der Waals surface area contributed by atoms with Crippen molar-refractivity contribution in [2.45, 2.75) is 32.2 Å². The van der Waals surface area contributed by atoms with E-state index in [1.807, 2.05) is 12.1 Å². The van der Waals surface area contributed by atoms with Gasteiger partial charge in [0.05, 0.1) is 0 Å². The lowest BCUT2D eigenvalue weighted by Gasteiger charge is -2.47. The Balaban J connectivity index is 2.23. The number of anilines is 1. The molecule has 1 aliphatic heterocycles. The van der Waals surface area contributed by atoms with Gasteiger partial charge in [-0.2, -0.15) is 0 Å². The van der Waals surface area contributed by atoms with E-state index in [1.54, 1.807) is 0 Å². The van der Waals surface area contributed by atoms with E-state index >= 15 is 0 Å². The van der Waals surface area contributed by atoms with Crippen LogP contribution < -0.4 is 10.6 Å². The zero-order chi connectivity index (χ0) is 12.5. The molecular weight excluding hydrogens is 232 g/mol. The third-order valence-electron chi connectivity index (χ3n) is 3.81. The monoisotopic (exact) mass is 252 g/mol. The second-order valence-corrected chi connectivity index (χ2v) is 5.98. The molecule has 0 radical (unpaired) electrons. The molecule has 17 heavy (non-hydrogen) atoms. The highest BCUT2D eigenvalue weighted by atomic mass is 35.5. The Kier molecular flexibility index (Phi) is 3.64. The predicted octanol–water partition coefficient (Wildman–Crippen LogP) is 3.29. The van der Waals surface area contributed by atoms with Crippen LogP contribution in [-0.4, -0.2) is 18.6 Å². The van der Waals surface area contributed by atoms with Gasteiger partial charge in [0.1, 0.15) is 0 Å². The molecule has 0 aliphatic carbocycles. The van der Waals surface area contributed by atoms with Gasteiger partial charge in [0.25, 0.3) is 0 Å². The fourth-order valence-electron chi connectivity index (χ4n) is 2.56. The molecule has 3 heteroatoms. The summed E-state index contributed by atoms with van der Waals surface area (Å²) >= 11 is 5.94. The van der Waals surface area contributed by atoms with Crippen molar-refractivity contribution in [3.05, 3.63) is 29.3 Å². The maximum Gasteiger partial charge on any atom is 0.0407 e. The number of rotatable bonds is 2. The van der Waals surface area contributed by atoms with Gasteiger partial charge in [0, 0.05) is 22.8 Å². The van der Waals surface area contributed by atoms with Crippen LogP contribution in [-0.2, 0) is 0 Å². The number of hydrogen-bond acceptors (Lipinski definition) is 2. The standard InChI is InChI=1S/C14H21ClN2/c1-14(2)8-7-11(9-16)10-17(14)13-5-3-12(15)4-6-13/h3-6,11H,7-10,16H2,1-2H3. The van der Waals surface area contributed by atoms with Crippen LogP contribution in [0.3, 0.4) is 0 Å². The SMILES string of the molecule is CC1(C)CCC(CN)CN1c1ccc(Cl)cc1. The summed E-state index contributed by atoms with van der Waals surface area (Å²) in [6.07, 6.45) is 2.42. The molecule has 1 aromatic carbocycles. The number of nitrogens with two attached hydrogens (primary N) is 1. The fraction of sp³-hybridized carbons (Fsp3) is 0.571. The highest BCUT2D eigenvalue weighted by molar-refractivity contribution is 6.30.